The first-order valence-corrected chi connectivity index (χ1v) is 6.53. The van der Waals surface area contributed by atoms with Crippen molar-refractivity contribution in [3.63, 3.8) is 0 Å². The number of amides is 1. The van der Waals surface area contributed by atoms with Gasteiger partial charge in [0.2, 0.25) is 5.91 Å². The highest BCUT2D eigenvalue weighted by molar-refractivity contribution is 5.98. The van der Waals surface area contributed by atoms with E-state index in [2.05, 4.69) is 6.92 Å². The lowest BCUT2D eigenvalue weighted by molar-refractivity contribution is -0.126. The number of piperazine rings is 1. The summed E-state index contributed by atoms with van der Waals surface area (Å²) in [6.45, 7) is 3.09. The van der Waals surface area contributed by atoms with Gasteiger partial charge in [0, 0.05) is 18.3 Å². The quantitative estimate of drug-likeness (QED) is 0.893. The van der Waals surface area contributed by atoms with Crippen molar-refractivity contribution in [3.8, 4) is 0 Å². The average Bonchev–Trinajstić information content (AvgIpc) is 2.39. The summed E-state index contributed by atoms with van der Waals surface area (Å²) in [6.07, 6.45) is 0.617. The number of halogens is 1. The number of rotatable bonds is 3. The summed E-state index contributed by atoms with van der Waals surface area (Å²) in [5.41, 5.74) is 6.20. The molecule has 1 aromatic carbocycles. The van der Waals surface area contributed by atoms with E-state index >= 15 is 0 Å². The van der Waals surface area contributed by atoms with Crippen LogP contribution >= 0.6 is 0 Å². The summed E-state index contributed by atoms with van der Waals surface area (Å²) in [6, 6.07) is 6.16. The molecule has 1 amide bonds. The smallest absolute Gasteiger partial charge is 0.244 e. The van der Waals surface area contributed by atoms with Crippen LogP contribution in [-0.4, -0.2) is 43.0 Å². The van der Waals surface area contributed by atoms with Crippen LogP contribution in [0.25, 0.3) is 0 Å². The molecule has 1 aliphatic rings. The number of nitrogens with zero attached hydrogens (tertiary/aromatic N) is 2. The van der Waals surface area contributed by atoms with Crippen LogP contribution in [0.15, 0.2) is 24.3 Å². The second-order valence-corrected chi connectivity index (χ2v) is 5.04. The van der Waals surface area contributed by atoms with Gasteiger partial charge in [0.05, 0.1) is 6.04 Å². The van der Waals surface area contributed by atoms with Gasteiger partial charge < -0.3 is 10.6 Å². The van der Waals surface area contributed by atoms with Crippen molar-refractivity contribution in [2.24, 2.45) is 5.73 Å². The van der Waals surface area contributed by atoms with Gasteiger partial charge in [-0.25, -0.2) is 4.39 Å². The molecule has 2 rings (SSSR count). The van der Waals surface area contributed by atoms with Crippen LogP contribution in [0.2, 0.25) is 0 Å². The molecule has 0 aromatic heterocycles. The maximum atomic E-state index is 13.3. The van der Waals surface area contributed by atoms with Crippen LogP contribution in [-0.2, 0) is 4.79 Å². The van der Waals surface area contributed by atoms with Gasteiger partial charge in [-0.05, 0) is 45.1 Å². The van der Waals surface area contributed by atoms with Crippen LogP contribution < -0.4 is 10.6 Å². The van der Waals surface area contributed by atoms with E-state index in [0.717, 1.165) is 0 Å². The Morgan fingerprint density at radius 1 is 1.47 bits per heavy atom. The molecule has 0 spiro atoms. The molecule has 2 unspecified atom stereocenters. The van der Waals surface area contributed by atoms with E-state index in [0.29, 0.717) is 25.2 Å². The molecule has 104 valence electrons. The number of hydrogen-bond acceptors (Lipinski definition) is 3. The van der Waals surface area contributed by atoms with Crippen molar-refractivity contribution in [2.75, 3.05) is 25.0 Å². The predicted molar refractivity (Wildman–Crippen MR) is 73.4 cm³/mol. The summed E-state index contributed by atoms with van der Waals surface area (Å²) in [4.78, 5) is 16.2. The summed E-state index contributed by atoms with van der Waals surface area (Å²) < 4.78 is 13.3. The molecular formula is C14H20FN3O. The van der Waals surface area contributed by atoms with E-state index in [-0.39, 0.29) is 23.8 Å². The highest BCUT2D eigenvalue weighted by Gasteiger charge is 2.36. The van der Waals surface area contributed by atoms with Gasteiger partial charge in [-0.15, -0.1) is 0 Å². The second-order valence-electron chi connectivity index (χ2n) is 5.04. The Morgan fingerprint density at radius 3 is 2.84 bits per heavy atom. The molecule has 1 aliphatic heterocycles. The van der Waals surface area contributed by atoms with Crippen molar-refractivity contribution in [2.45, 2.75) is 25.4 Å². The molecule has 1 fully saturated rings. The van der Waals surface area contributed by atoms with E-state index < -0.39 is 0 Å². The minimum absolute atomic E-state index is 0.00310. The van der Waals surface area contributed by atoms with Gasteiger partial charge in [-0.2, -0.15) is 0 Å². The van der Waals surface area contributed by atoms with Gasteiger partial charge in [-0.1, -0.05) is 6.07 Å². The van der Waals surface area contributed by atoms with Gasteiger partial charge >= 0.3 is 0 Å². The summed E-state index contributed by atoms with van der Waals surface area (Å²) in [5, 5.41) is 0. The lowest BCUT2D eigenvalue weighted by Gasteiger charge is -2.43. The Kier molecular flexibility index (Phi) is 4.17. The van der Waals surface area contributed by atoms with E-state index in [1.54, 1.807) is 17.0 Å². The van der Waals surface area contributed by atoms with E-state index in [4.69, 9.17) is 5.73 Å². The van der Waals surface area contributed by atoms with Crippen molar-refractivity contribution < 1.29 is 9.18 Å². The number of hydrogen-bond donors (Lipinski definition) is 1. The van der Waals surface area contributed by atoms with Crippen molar-refractivity contribution in [1.29, 1.82) is 0 Å². The molecule has 1 aromatic rings. The summed E-state index contributed by atoms with van der Waals surface area (Å²) >= 11 is 0. The largest absolute Gasteiger partial charge is 0.330 e. The van der Waals surface area contributed by atoms with Crippen LogP contribution in [0, 0.1) is 5.82 Å². The summed E-state index contributed by atoms with van der Waals surface area (Å²) in [5.74, 6) is -0.330. The van der Waals surface area contributed by atoms with Gasteiger partial charge in [-0.3, -0.25) is 9.69 Å². The zero-order valence-corrected chi connectivity index (χ0v) is 11.3. The number of carbonyl (C=O) groups excluding carboxylic acids is 1. The van der Waals surface area contributed by atoms with Crippen molar-refractivity contribution in [1.82, 2.24) is 4.90 Å². The van der Waals surface area contributed by atoms with Crippen molar-refractivity contribution >= 4 is 11.6 Å². The third-order valence-corrected chi connectivity index (χ3v) is 3.74. The number of anilines is 1. The fourth-order valence-corrected chi connectivity index (χ4v) is 2.51. The van der Waals surface area contributed by atoms with E-state index in [9.17, 15) is 9.18 Å². The number of nitrogens with two attached hydrogens (primary N) is 1. The normalized spacial score (nSPS) is 24.8. The van der Waals surface area contributed by atoms with Crippen LogP contribution in [0.5, 0.6) is 0 Å². The standard InChI is InChI=1S/C14H20FN3O/c1-10-9-18(12-5-3-4-11(15)8-12)14(19)13(6-7-16)17(10)2/h3-5,8,10,13H,6-7,9,16H2,1-2H3. The molecule has 0 radical (unpaired) electrons. The Morgan fingerprint density at radius 2 is 2.21 bits per heavy atom. The maximum Gasteiger partial charge on any atom is 0.244 e. The Labute approximate surface area is 113 Å². The monoisotopic (exact) mass is 265 g/mol. The fourth-order valence-electron chi connectivity index (χ4n) is 2.51. The van der Waals surface area contributed by atoms with E-state index in [1.165, 1.54) is 12.1 Å². The Bertz CT molecular complexity index is 466. The molecule has 1 heterocycles. The first-order valence-electron chi connectivity index (χ1n) is 6.53. The van der Waals surface area contributed by atoms with Crippen molar-refractivity contribution in [3.05, 3.63) is 30.1 Å². The third-order valence-electron chi connectivity index (χ3n) is 3.74. The molecule has 0 aliphatic carbocycles. The third kappa shape index (κ3) is 2.77. The molecule has 0 saturated carbocycles. The molecular weight excluding hydrogens is 245 g/mol. The molecule has 2 N–H and O–H groups in total. The number of carbonyl (C=O) groups is 1. The molecule has 2 atom stereocenters. The SMILES string of the molecule is CC1CN(c2cccc(F)c2)C(=O)C(CCN)N1C. The Hall–Kier alpha value is -1.46. The molecule has 0 bridgehead atoms. The number of benzene rings is 1. The minimum atomic E-state index is -0.327. The maximum absolute atomic E-state index is 13.3. The first-order chi connectivity index (χ1) is 9.04. The van der Waals surface area contributed by atoms with Crippen LogP contribution in [0.1, 0.15) is 13.3 Å². The minimum Gasteiger partial charge on any atom is -0.330 e. The number of likely N-dealkylation sites (N-methyl/N-ethyl adjacent to an activating group) is 1. The lowest BCUT2D eigenvalue weighted by Crippen LogP contribution is -2.60. The highest BCUT2D eigenvalue weighted by Crippen LogP contribution is 2.24. The lowest BCUT2D eigenvalue weighted by atomic mass is 10.0. The zero-order chi connectivity index (χ0) is 14.0. The molecule has 1 saturated heterocycles. The summed E-state index contributed by atoms with van der Waals surface area (Å²) in [7, 11) is 1.94. The fraction of sp³-hybridized carbons (Fsp3) is 0.500. The Balaban J connectivity index is 2.28. The van der Waals surface area contributed by atoms with Gasteiger partial charge in [0.15, 0.2) is 0 Å². The topological polar surface area (TPSA) is 49.6 Å². The molecule has 5 heteroatoms. The highest BCUT2D eigenvalue weighted by atomic mass is 19.1. The first kappa shape index (κ1) is 14.0. The predicted octanol–water partition coefficient (Wildman–Crippen LogP) is 1.21. The van der Waals surface area contributed by atoms with Crippen LogP contribution in [0.3, 0.4) is 0 Å². The average molecular weight is 265 g/mol. The zero-order valence-electron chi connectivity index (χ0n) is 11.3. The van der Waals surface area contributed by atoms with Crippen LogP contribution in [0.4, 0.5) is 10.1 Å². The van der Waals surface area contributed by atoms with Gasteiger partial charge in [0.1, 0.15) is 5.82 Å². The molecule has 19 heavy (non-hydrogen) atoms. The van der Waals surface area contributed by atoms with Gasteiger partial charge in [0.25, 0.3) is 0 Å². The molecule has 4 nitrogen and oxygen atoms in total. The second kappa shape index (κ2) is 5.67. The van der Waals surface area contributed by atoms with E-state index in [1.807, 2.05) is 11.9 Å².